The first-order valence-corrected chi connectivity index (χ1v) is 11.7. The van der Waals surface area contributed by atoms with Gasteiger partial charge in [0.15, 0.2) is 11.5 Å². The van der Waals surface area contributed by atoms with Gasteiger partial charge in [0.05, 0.1) is 18.6 Å². The Hall–Kier alpha value is -3.85. The Morgan fingerprint density at radius 2 is 1.79 bits per heavy atom. The Bertz CT molecular complexity index is 1250. The molecule has 0 fully saturated rings. The number of para-hydroxylation sites is 1. The lowest BCUT2D eigenvalue weighted by molar-refractivity contribution is -0.118. The van der Waals surface area contributed by atoms with Gasteiger partial charge in [0.25, 0.3) is 0 Å². The van der Waals surface area contributed by atoms with Crippen LogP contribution in [0.2, 0.25) is 0 Å². The fourth-order valence-electron chi connectivity index (χ4n) is 3.28. The number of thioether (sulfide) groups is 1. The number of nitrogens with zero attached hydrogens (tertiary/aromatic N) is 4. The summed E-state index contributed by atoms with van der Waals surface area (Å²) in [6.45, 7) is 2.81. The molecule has 0 aliphatic carbocycles. The third kappa shape index (κ3) is 5.93. The monoisotopic (exact) mass is 475 g/mol. The average molecular weight is 476 g/mol. The van der Waals surface area contributed by atoms with Crippen molar-refractivity contribution >= 4 is 17.7 Å². The van der Waals surface area contributed by atoms with E-state index in [0.29, 0.717) is 29.8 Å². The standard InChI is InChI=1S/C25H25N5O3S/c1-18-8-6-7-11-21(18)30-25(27-28-29-30)34-17-24(31)26-15-20-12-13-22(23(14-20)32-2)33-16-19-9-4-3-5-10-19/h3-14H,15-17H2,1-2H3,(H,26,31). The van der Waals surface area contributed by atoms with Crippen LogP contribution in [0.3, 0.4) is 0 Å². The smallest absolute Gasteiger partial charge is 0.230 e. The molecule has 0 aliphatic rings. The second-order valence-electron chi connectivity index (χ2n) is 7.48. The van der Waals surface area contributed by atoms with Gasteiger partial charge in [-0.15, -0.1) is 5.10 Å². The van der Waals surface area contributed by atoms with Crippen LogP contribution >= 0.6 is 11.8 Å². The Morgan fingerprint density at radius 1 is 1.00 bits per heavy atom. The minimum atomic E-state index is -0.118. The number of nitrogens with one attached hydrogen (secondary N) is 1. The van der Waals surface area contributed by atoms with Crippen molar-refractivity contribution < 1.29 is 14.3 Å². The molecule has 3 aromatic carbocycles. The van der Waals surface area contributed by atoms with Crippen molar-refractivity contribution in [3.63, 3.8) is 0 Å². The maximum atomic E-state index is 12.4. The van der Waals surface area contributed by atoms with Crippen molar-refractivity contribution in [3.05, 3.63) is 89.5 Å². The minimum Gasteiger partial charge on any atom is -0.493 e. The Kier molecular flexibility index (Phi) is 7.77. The van der Waals surface area contributed by atoms with Gasteiger partial charge in [-0.2, -0.15) is 4.68 Å². The van der Waals surface area contributed by atoms with E-state index in [1.54, 1.807) is 11.8 Å². The Morgan fingerprint density at radius 3 is 2.59 bits per heavy atom. The maximum Gasteiger partial charge on any atom is 0.230 e. The summed E-state index contributed by atoms with van der Waals surface area (Å²) in [4.78, 5) is 12.4. The van der Waals surface area contributed by atoms with E-state index in [9.17, 15) is 4.79 Å². The molecule has 1 N–H and O–H groups in total. The molecule has 174 valence electrons. The van der Waals surface area contributed by atoms with Gasteiger partial charge in [-0.3, -0.25) is 4.79 Å². The number of hydrogen-bond acceptors (Lipinski definition) is 7. The maximum absolute atomic E-state index is 12.4. The molecule has 1 aromatic heterocycles. The van der Waals surface area contributed by atoms with E-state index in [0.717, 1.165) is 22.4 Å². The number of tetrazole rings is 1. The second-order valence-corrected chi connectivity index (χ2v) is 8.43. The predicted molar refractivity (Wildman–Crippen MR) is 130 cm³/mol. The molecule has 1 heterocycles. The number of ether oxygens (including phenoxy) is 2. The largest absolute Gasteiger partial charge is 0.493 e. The van der Waals surface area contributed by atoms with Gasteiger partial charge >= 0.3 is 0 Å². The Labute approximate surface area is 202 Å². The molecule has 0 saturated carbocycles. The van der Waals surface area contributed by atoms with Gasteiger partial charge in [0.2, 0.25) is 11.1 Å². The van der Waals surface area contributed by atoms with Crippen LogP contribution in [-0.2, 0) is 17.9 Å². The van der Waals surface area contributed by atoms with Crippen LogP contribution in [0.4, 0.5) is 0 Å². The van der Waals surface area contributed by atoms with Gasteiger partial charge in [-0.05, 0) is 52.2 Å². The number of benzene rings is 3. The zero-order valence-electron chi connectivity index (χ0n) is 19.0. The van der Waals surface area contributed by atoms with Crippen LogP contribution in [0.1, 0.15) is 16.7 Å². The van der Waals surface area contributed by atoms with E-state index in [1.807, 2.05) is 79.7 Å². The van der Waals surface area contributed by atoms with Crippen LogP contribution in [-0.4, -0.2) is 39.0 Å². The number of aryl methyl sites for hydroxylation is 1. The van der Waals surface area contributed by atoms with Crippen LogP contribution in [0.5, 0.6) is 11.5 Å². The van der Waals surface area contributed by atoms with E-state index in [2.05, 4.69) is 20.8 Å². The first-order valence-electron chi connectivity index (χ1n) is 10.7. The molecular weight excluding hydrogens is 450 g/mol. The quantitative estimate of drug-likeness (QED) is 0.347. The fraction of sp³-hybridized carbons (Fsp3) is 0.200. The molecule has 4 rings (SSSR count). The number of methoxy groups -OCH3 is 1. The summed E-state index contributed by atoms with van der Waals surface area (Å²) in [5.74, 6) is 1.35. The van der Waals surface area contributed by atoms with Crippen molar-refractivity contribution in [2.45, 2.75) is 25.2 Å². The van der Waals surface area contributed by atoms with Gasteiger partial charge in [0, 0.05) is 6.54 Å². The third-order valence-corrected chi connectivity index (χ3v) is 5.99. The van der Waals surface area contributed by atoms with Crippen molar-refractivity contribution in [2.75, 3.05) is 12.9 Å². The zero-order valence-corrected chi connectivity index (χ0v) is 19.8. The number of carbonyl (C=O) groups excluding carboxylic acids is 1. The molecule has 0 atom stereocenters. The average Bonchev–Trinajstić information content (AvgIpc) is 3.34. The summed E-state index contributed by atoms with van der Waals surface area (Å²) in [6, 6.07) is 23.4. The number of rotatable bonds is 10. The lowest BCUT2D eigenvalue weighted by Gasteiger charge is -2.13. The van der Waals surface area contributed by atoms with Crippen LogP contribution in [0.25, 0.3) is 5.69 Å². The van der Waals surface area contributed by atoms with Crippen molar-refractivity contribution in [1.29, 1.82) is 0 Å². The normalized spacial score (nSPS) is 10.6. The number of amides is 1. The molecule has 9 heteroatoms. The SMILES string of the molecule is COc1cc(CNC(=O)CSc2nnnn2-c2ccccc2C)ccc1OCc1ccccc1. The van der Waals surface area contributed by atoms with Crippen LogP contribution < -0.4 is 14.8 Å². The second kappa shape index (κ2) is 11.3. The lowest BCUT2D eigenvalue weighted by atomic mass is 10.2. The molecular formula is C25H25N5O3S. The van der Waals surface area contributed by atoms with E-state index in [-0.39, 0.29) is 11.7 Å². The fourth-order valence-corrected chi connectivity index (χ4v) is 3.99. The van der Waals surface area contributed by atoms with E-state index < -0.39 is 0 Å². The van der Waals surface area contributed by atoms with Crippen LogP contribution in [0.15, 0.2) is 78.0 Å². The van der Waals surface area contributed by atoms with Gasteiger partial charge in [-0.25, -0.2) is 0 Å². The number of hydrogen-bond donors (Lipinski definition) is 1. The molecule has 34 heavy (non-hydrogen) atoms. The summed E-state index contributed by atoms with van der Waals surface area (Å²) >= 11 is 1.29. The molecule has 0 unspecified atom stereocenters. The first-order chi connectivity index (χ1) is 16.6. The third-order valence-electron chi connectivity index (χ3n) is 5.07. The highest BCUT2D eigenvalue weighted by molar-refractivity contribution is 7.99. The van der Waals surface area contributed by atoms with Crippen LogP contribution in [0, 0.1) is 6.92 Å². The summed E-state index contributed by atoms with van der Waals surface area (Å²) < 4.78 is 13.0. The van der Waals surface area contributed by atoms with Crippen molar-refractivity contribution in [2.24, 2.45) is 0 Å². The van der Waals surface area contributed by atoms with E-state index in [1.165, 1.54) is 11.8 Å². The molecule has 0 radical (unpaired) electrons. The predicted octanol–water partition coefficient (Wildman–Crippen LogP) is 3.97. The van der Waals surface area contributed by atoms with Crippen molar-refractivity contribution in [3.8, 4) is 17.2 Å². The molecule has 0 bridgehead atoms. The van der Waals surface area contributed by atoms with E-state index >= 15 is 0 Å². The highest BCUT2D eigenvalue weighted by atomic mass is 32.2. The first kappa shape index (κ1) is 23.3. The number of carbonyl (C=O) groups is 1. The van der Waals surface area contributed by atoms with E-state index in [4.69, 9.17) is 9.47 Å². The van der Waals surface area contributed by atoms with Gasteiger partial charge < -0.3 is 14.8 Å². The Balaban J connectivity index is 1.30. The molecule has 8 nitrogen and oxygen atoms in total. The molecule has 0 saturated heterocycles. The highest BCUT2D eigenvalue weighted by Crippen LogP contribution is 2.29. The molecule has 0 spiro atoms. The van der Waals surface area contributed by atoms with Gasteiger partial charge in [-0.1, -0.05) is 66.4 Å². The topological polar surface area (TPSA) is 91.2 Å². The minimum absolute atomic E-state index is 0.118. The number of aromatic nitrogens is 4. The lowest BCUT2D eigenvalue weighted by Crippen LogP contribution is -2.24. The molecule has 4 aromatic rings. The summed E-state index contributed by atoms with van der Waals surface area (Å²) in [6.07, 6.45) is 0. The summed E-state index contributed by atoms with van der Waals surface area (Å²) in [5, 5.41) is 15.4. The zero-order chi connectivity index (χ0) is 23.8. The summed E-state index contributed by atoms with van der Waals surface area (Å²) in [7, 11) is 1.60. The molecule has 1 amide bonds. The summed E-state index contributed by atoms with van der Waals surface area (Å²) in [5.41, 5.74) is 3.92. The highest BCUT2D eigenvalue weighted by Gasteiger charge is 2.13. The van der Waals surface area contributed by atoms with Gasteiger partial charge in [0.1, 0.15) is 6.61 Å². The van der Waals surface area contributed by atoms with Crippen molar-refractivity contribution in [1.82, 2.24) is 25.5 Å². The molecule has 0 aliphatic heterocycles.